The first-order chi connectivity index (χ1) is 10.3. The zero-order chi connectivity index (χ0) is 14.7. The van der Waals surface area contributed by atoms with E-state index in [1.54, 1.807) is 6.20 Å². The summed E-state index contributed by atoms with van der Waals surface area (Å²) in [5.41, 5.74) is 9.92. The Morgan fingerprint density at radius 3 is 2.71 bits per heavy atom. The summed E-state index contributed by atoms with van der Waals surface area (Å²) >= 11 is 0. The number of aliphatic hydroxyl groups excluding tert-OH is 1. The second-order valence-corrected chi connectivity index (χ2v) is 5.13. The number of aliphatic hydroxyl groups is 1. The predicted octanol–water partition coefficient (Wildman–Crippen LogP) is 2.90. The Morgan fingerprint density at radius 1 is 1.00 bits per heavy atom. The molecule has 3 nitrogen and oxygen atoms in total. The van der Waals surface area contributed by atoms with Gasteiger partial charge in [-0.1, -0.05) is 30.3 Å². The molecule has 3 aromatic rings. The Balaban J connectivity index is 2.13. The van der Waals surface area contributed by atoms with Crippen molar-refractivity contribution in [1.82, 2.24) is 4.98 Å². The van der Waals surface area contributed by atoms with Crippen molar-refractivity contribution in [1.29, 1.82) is 0 Å². The third-order valence-corrected chi connectivity index (χ3v) is 3.70. The van der Waals surface area contributed by atoms with Crippen LogP contribution in [0.5, 0.6) is 0 Å². The van der Waals surface area contributed by atoms with Crippen molar-refractivity contribution in [2.75, 3.05) is 6.54 Å². The molecular formula is C18H18N2O. The first-order valence-corrected chi connectivity index (χ1v) is 7.08. The Labute approximate surface area is 124 Å². The number of hydrogen-bond donors (Lipinski definition) is 2. The summed E-state index contributed by atoms with van der Waals surface area (Å²) in [4.78, 5) is 4.19. The van der Waals surface area contributed by atoms with Gasteiger partial charge in [0.1, 0.15) is 0 Å². The maximum absolute atomic E-state index is 9.24. The summed E-state index contributed by atoms with van der Waals surface area (Å²) in [6.07, 6.45) is 4.38. The second kappa shape index (κ2) is 6.04. The van der Waals surface area contributed by atoms with Gasteiger partial charge in [-0.15, -0.1) is 0 Å². The van der Waals surface area contributed by atoms with E-state index in [0.717, 1.165) is 23.1 Å². The lowest BCUT2D eigenvalue weighted by Crippen LogP contribution is -2.03. The summed E-state index contributed by atoms with van der Waals surface area (Å²) < 4.78 is 0. The third kappa shape index (κ3) is 2.79. The van der Waals surface area contributed by atoms with Crippen molar-refractivity contribution in [3.05, 3.63) is 66.0 Å². The molecule has 1 aromatic heterocycles. The maximum atomic E-state index is 9.24. The lowest BCUT2D eigenvalue weighted by molar-refractivity contribution is 0.281. The molecule has 0 amide bonds. The molecule has 0 atom stereocenters. The van der Waals surface area contributed by atoms with E-state index in [9.17, 15) is 5.11 Å². The molecule has 0 unspecified atom stereocenters. The minimum Gasteiger partial charge on any atom is -0.392 e. The molecule has 0 radical (unpaired) electrons. The predicted molar refractivity (Wildman–Crippen MR) is 85.9 cm³/mol. The van der Waals surface area contributed by atoms with Gasteiger partial charge < -0.3 is 10.8 Å². The largest absolute Gasteiger partial charge is 0.392 e. The fourth-order valence-corrected chi connectivity index (χ4v) is 2.62. The Kier molecular flexibility index (Phi) is 3.95. The molecule has 106 valence electrons. The van der Waals surface area contributed by atoms with Gasteiger partial charge in [-0.3, -0.25) is 4.98 Å². The van der Waals surface area contributed by atoms with Crippen LogP contribution in [0.1, 0.15) is 11.1 Å². The number of aromatic nitrogens is 1. The summed E-state index contributed by atoms with van der Waals surface area (Å²) in [5.74, 6) is 0. The van der Waals surface area contributed by atoms with Crippen molar-refractivity contribution in [3.63, 3.8) is 0 Å². The summed E-state index contributed by atoms with van der Waals surface area (Å²) in [6.45, 7) is 0.651. The molecule has 2 aromatic carbocycles. The van der Waals surface area contributed by atoms with Gasteiger partial charge in [0.25, 0.3) is 0 Å². The zero-order valence-electron chi connectivity index (χ0n) is 11.8. The number of nitrogens with zero attached hydrogens (tertiary/aromatic N) is 1. The maximum Gasteiger partial charge on any atom is 0.0697 e. The van der Waals surface area contributed by atoms with Crippen LogP contribution in [0, 0.1) is 0 Å². The lowest BCUT2D eigenvalue weighted by atomic mass is 9.97. The first kappa shape index (κ1) is 13.7. The molecule has 0 aliphatic heterocycles. The van der Waals surface area contributed by atoms with Crippen LogP contribution >= 0.6 is 0 Å². The molecule has 0 aliphatic carbocycles. The highest BCUT2D eigenvalue weighted by molar-refractivity contribution is 5.90. The molecule has 21 heavy (non-hydrogen) atoms. The monoisotopic (exact) mass is 278 g/mol. The van der Waals surface area contributed by atoms with Gasteiger partial charge >= 0.3 is 0 Å². The highest BCUT2D eigenvalue weighted by Crippen LogP contribution is 2.27. The lowest BCUT2D eigenvalue weighted by Gasteiger charge is -2.09. The topological polar surface area (TPSA) is 59.1 Å². The molecule has 0 spiro atoms. The van der Waals surface area contributed by atoms with Crippen LogP contribution in [-0.4, -0.2) is 16.6 Å². The van der Waals surface area contributed by atoms with Gasteiger partial charge in [-0.25, -0.2) is 0 Å². The zero-order valence-corrected chi connectivity index (χ0v) is 11.8. The Morgan fingerprint density at radius 2 is 1.90 bits per heavy atom. The van der Waals surface area contributed by atoms with E-state index in [2.05, 4.69) is 41.4 Å². The number of benzene rings is 2. The van der Waals surface area contributed by atoms with Gasteiger partial charge in [-0.05, 0) is 52.6 Å². The number of rotatable bonds is 4. The van der Waals surface area contributed by atoms with Crippen molar-refractivity contribution in [2.45, 2.75) is 13.0 Å². The number of hydrogen-bond acceptors (Lipinski definition) is 3. The number of pyridine rings is 1. The van der Waals surface area contributed by atoms with Crippen LogP contribution in [0.4, 0.5) is 0 Å². The molecule has 0 fully saturated rings. The molecule has 0 aliphatic rings. The smallest absolute Gasteiger partial charge is 0.0697 e. The van der Waals surface area contributed by atoms with Gasteiger partial charge in [0.05, 0.1) is 6.61 Å². The van der Waals surface area contributed by atoms with Gasteiger partial charge in [0, 0.05) is 18.0 Å². The van der Waals surface area contributed by atoms with E-state index in [1.807, 2.05) is 12.3 Å². The fraction of sp³-hybridized carbons (Fsp3) is 0.167. The standard InChI is InChI=1S/C18H18N2O/c19-7-6-15-3-1-2-14-4-5-16(9-18(14)15)17-8-13(12-21)10-20-11-17/h1-5,8-11,21H,6-7,12,19H2. The van der Waals surface area contributed by atoms with Crippen LogP contribution in [0.25, 0.3) is 21.9 Å². The van der Waals surface area contributed by atoms with E-state index in [1.165, 1.54) is 16.3 Å². The molecule has 3 heteroatoms. The highest BCUT2D eigenvalue weighted by Gasteiger charge is 2.04. The SMILES string of the molecule is NCCc1cccc2ccc(-c3cncc(CO)c3)cc12. The van der Waals surface area contributed by atoms with Crippen LogP contribution in [-0.2, 0) is 13.0 Å². The second-order valence-electron chi connectivity index (χ2n) is 5.13. The molecule has 0 saturated carbocycles. The quantitative estimate of drug-likeness (QED) is 0.771. The van der Waals surface area contributed by atoms with Crippen LogP contribution in [0.15, 0.2) is 54.9 Å². The van der Waals surface area contributed by atoms with E-state index in [-0.39, 0.29) is 6.61 Å². The van der Waals surface area contributed by atoms with Gasteiger partial charge in [0.2, 0.25) is 0 Å². The summed E-state index contributed by atoms with van der Waals surface area (Å²) in [6, 6.07) is 14.7. The van der Waals surface area contributed by atoms with Gasteiger partial charge in [-0.2, -0.15) is 0 Å². The fourth-order valence-electron chi connectivity index (χ4n) is 2.62. The number of nitrogens with two attached hydrogens (primary N) is 1. The van der Waals surface area contributed by atoms with E-state index >= 15 is 0 Å². The first-order valence-electron chi connectivity index (χ1n) is 7.08. The van der Waals surface area contributed by atoms with E-state index in [0.29, 0.717) is 6.54 Å². The van der Waals surface area contributed by atoms with Crippen molar-refractivity contribution >= 4 is 10.8 Å². The van der Waals surface area contributed by atoms with Crippen LogP contribution in [0.2, 0.25) is 0 Å². The summed E-state index contributed by atoms with van der Waals surface area (Å²) in [7, 11) is 0. The Bertz CT molecular complexity index is 768. The molecular weight excluding hydrogens is 260 g/mol. The summed E-state index contributed by atoms with van der Waals surface area (Å²) in [5, 5.41) is 11.7. The van der Waals surface area contributed by atoms with Crippen LogP contribution < -0.4 is 5.73 Å². The minimum absolute atomic E-state index is 0.00679. The molecule has 0 saturated heterocycles. The molecule has 0 bridgehead atoms. The third-order valence-electron chi connectivity index (χ3n) is 3.70. The molecule has 1 heterocycles. The van der Waals surface area contributed by atoms with Crippen molar-refractivity contribution < 1.29 is 5.11 Å². The average Bonchev–Trinajstić information content (AvgIpc) is 2.55. The van der Waals surface area contributed by atoms with Crippen molar-refractivity contribution in [3.8, 4) is 11.1 Å². The van der Waals surface area contributed by atoms with Crippen LogP contribution in [0.3, 0.4) is 0 Å². The highest BCUT2D eigenvalue weighted by atomic mass is 16.3. The van der Waals surface area contributed by atoms with Gasteiger partial charge in [0.15, 0.2) is 0 Å². The number of fused-ring (bicyclic) bond motifs is 1. The van der Waals surface area contributed by atoms with E-state index < -0.39 is 0 Å². The molecule has 3 rings (SSSR count). The minimum atomic E-state index is 0.00679. The Hall–Kier alpha value is -2.23. The van der Waals surface area contributed by atoms with E-state index in [4.69, 9.17) is 5.73 Å². The normalized spacial score (nSPS) is 11.0. The van der Waals surface area contributed by atoms with Crippen molar-refractivity contribution in [2.24, 2.45) is 5.73 Å². The average molecular weight is 278 g/mol. The molecule has 3 N–H and O–H groups in total.